The third kappa shape index (κ3) is 3.01. The molecule has 0 saturated carbocycles. The molecule has 1 aromatic heterocycles. The van der Waals surface area contributed by atoms with E-state index in [0.717, 1.165) is 11.3 Å². The molecular formula is C14H14N2O3. The van der Waals surface area contributed by atoms with Gasteiger partial charge in [-0.1, -0.05) is 0 Å². The molecule has 0 atom stereocenters. The van der Waals surface area contributed by atoms with E-state index in [-0.39, 0.29) is 11.6 Å². The van der Waals surface area contributed by atoms with Crippen LogP contribution in [0.4, 0.5) is 5.82 Å². The third-order valence-corrected chi connectivity index (χ3v) is 2.53. The van der Waals surface area contributed by atoms with E-state index in [1.54, 1.807) is 19.2 Å². The van der Waals surface area contributed by atoms with Crippen LogP contribution in [-0.2, 0) is 4.79 Å². The topological polar surface area (TPSA) is 74.4 Å². The Kier molecular flexibility index (Phi) is 3.66. The number of ether oxygens (including phenoxy) is 2. The lowest BCUT2D eigenvalue weighted by Crippen LogP contribution is -2.05. The van der Waals surface area contributed by atoms with E-state index in [4.69, 9.17) is 15.2 Å². The molecule has 0 amide bonds. The zero-order valence-corrected chi connectivity index (χ0v) is 10.7. The highest BCUT2D eigenvalue weighted by Crippen LogP contribution is 2.26. The van der Waals surface area contributed by atoms with Crippen molar-refractivity contribution < 1.29 is 14.3 Å². The summed E-state index contributed by atoms with van der Waals surface area (Å²) < 4.78 is 10.0. The first kappa shape index (κ1) is 12.9. The highest BCUT2D eigenvalue weighted by molar-refractivity contribution is 5.72. The van der Waals surface area contributed by atoms with Gasteiger partial charge in [-0.25, -0.2) is 4.98 Å². The van der Waals surface area contributed by atoms with Crippen molar-refractivity contribution in [2.24, 2.45) is 0 Å². The van der Waals surface area contributed by atoms with E-state index in [1.807, 2.05) is 24.3 Å². The van der Waals surface area contributed by atoms with Crippen LogP contribution in [0, 0.1) is 0 Å². The maximum absolute atomic E-state index is 10.9. The smallest absolute Gasteiger partial charge is 0.308 e. The monoisotopic (exact) mass is 258 g/mol. The maximum Gasteiger partial charge on any atom is 0.308 e. The first-order chi connectivity index (χ1) is 9.10. The van der Waals surface area contributed by atoms with Gasteiger partial charge in [0.1, 0.15) is 5.75 Å². The molecule has 0 unspecified atom stereocenters. The minimum Gasteiger partial charge on any atom is -0.497 e. The molecule has 0 aliphatic carbocycles. The number of rotatable bonds is 3. The van der Waals surface area contributed by atoms with Gasteiger partial charge in [0, 0.05) is 12.5 Å². The Labute approximate surface area is 111 Å². The fourth-order valence-corrected chi connectivity index (χ4v) is 1.63. The summed E-state index contributed by atoms with van der Waals surface area (Å²) in [7, 11) is 1.61. The normalized spacial score (nSPS) is 10.0. The van der Waals surface area contributed by atoms with Crippen molar-refractivity contribution in [3.05, 3.63) is 36.4 Å². The molecule has 5 nitrogen and oxygen atoms in total. The van der Waals surface area contributed by atoms with Crippen LogP contribution in [-0.4, -0.2) is 18.1 Å². The molecule has 2 aromatic rings. The number of benzene rings is 1. The molecular weight excluding hydrogens is 244 g/mol. The maximum atomic E-state index is 10.9. The van der Waals surface area contributed by atoms with Crippen LogP contribution < -0.4 is 15.2 Å². The summed E-state index contributed by atoms with van der Waals surface area (Å²) in [5.41, 5.74) is 7.36. The Morgan fingerprint density at radius 2 is 1.84 bits per heavy atom. The summed E-state index contributed by atoms with van der Waals surface area (Å²) in [5, 5.41) is 0. The first-order valence-electron chi connectivity index (χ1n) is 5.69. The van der Waals surface area contributed by atoms with E-state index < -0.39 is 5.97 Å². The van der Waals surface area contributed by atoms with Crippen LogP contribution in [0.2, 0.25) is 0 Å². The number of esters is 1. The first-order valence-corrected chi connectivity index (χ1v) is 5.69. The standard InChI is InChI=1S/C14H14N2O3/c1-9(17)19-13-8-7-12(16-14(13)15)10-3-5-11(18-2)6-4-10/h3-8H,1-2H3,(H2,15,16). The largest absolute Gasteiger partial charge is 0.497 e. The van der Waals surface area contributed by atoms with E-state index in [2.05, 4.69) is 4.98 Å². The molecule has 0 radical (unpaired) electrons. The number of methoxy groups -OCH3 is 1. The lowest BCUT2D eigenvalue weighted by atomic mass is 10.1. The molecule has 2 rings (SSSR count). The number of anilines is 1. The number of hydrogen-bond acceptors (Lipinski definition) is 5. The molecule has 0 spiro atoms. The Bertz CT molecular complexity index is 594. The molecule has 1 aromatic carbocycles. The number of carbonyl (C=O) groups is 1. The van der Waals surface area contributed by atoms with Crippen molar-refractivity contribution in [1.29, 1.82) is 0 Å². The van der Waals surface area contributed by atoms with E-state index in [1.165, 1.54) is 6.92 Å². The number of aromatic nitrogens is 1. The van der Waals surface area contributed by atoms with Gasteiger partial charge >= 0.3 is 5.97 Å². The van der Waals surface area contributed by atoms with Crippen molar-refractivity contribution in [3.63, 3.8) is 0 Å². The molecule has 98 valence electrons. The van der Waals surface area contributed by atoms with Crippen molar-refractivity contribution in [2.75, 3.05) is 12.8 Å². The van der Waals surface area contributed by atoms with Crippen molar-refractivity contribution in [3.8, 4) is 22.8 Å². The van der Waals surface area contributed by atoms with Gasteiger partial charge in [0.2, 0.25) is 0 Å². The van der Waals surface area contributed by atoms with Gasteiger partial charge in [-0.05, 0) is 36.4 Å². The number of nitrogens with zero attached hydrogens (tertiary/aromatic N) is 1. The van der Waals surface area contributed by atoms with E-state index in [9.17, 15) is 4.79 Å². The predicted molar refractivity (Wildman–Crippen MR) is 71.9 cm³/mol. The van der Waals surface area contributed by atoms with Gasteiger partial charge < -0.3 is 15.2 Å². The van der Waals surface area contributed by atoms with Gasteiger partial charge in [0.15, 0.2) is 11.6 Å². The van der Waals surface area contributed by atoms with Crippen molar-refractivity contribution in [2.45, 2.75) is 6.92 Å². The number of hydrogen-bond donors (Lipinski definition) is 1. The van der Waals surface area contributed by atoms with Gasteiger partial charge in [0.25, 0.3) is 0 Å². The van der Waals surface area contributed by atoms with E-state index >= 15 is 0 Å². The summed E-state index contributed by atoms with van der Waals surface area (Å²) >= 11 is 0. The summed E-state index contributed by atoms with van der Waals surface area (Å²) in [6.07, 6.45) is 0. The van der Waals surface area contributed by atoms with Gasteiger partial charge in [-0.2, -0.15) is 0 Å². The zero-order chi connectivity index (χ0) is 13.8. The Morgan fingerprint density at radius 1 is 1.16 bits per heavy atom. The Hall–Kier alpha value is -2.56. The van der Waals surface area contributed by atoms with Crippen LogP contribution in [0.15, 0.2) is 36.4 Å². The summed E-state index contributed by atoms with van der Waals surface area (Å²) in [6, 6.07) is 10.8. The quantitative estimate of drug-likeness (QED) is 0.855. The molecule has 0 aliphatic heterocycles. The van der Waals surface area contributed by atoms with Gasteiger partial charge in [-0.3, -0.25) is 4.79 Å². The highest BCUT2D eigenvalue weighted by Gasteiger charge is 2.07. The average molecular weight is 258 g/mol. The number of pyridine rings is 1. The molecule has 0 aliphatic rings. The fraction of sp³-hybridized carbons (Fsp3) is 0.143. The molecule has 2 N–H and O–H groups in total. The Morgan fingerprint density at radius 3 is 2.37 bits per heavy atom. The van der Waals surface area contributed by atoms with Crippen LogP contribution in [0.25, 0.3) is 11.3 Å². The van der Waals surface area contributed by atoms with Crippen molar-refractivity contribution >= 4 is 11.8 Å². The zero-order valence-electron chi connectivity index (χ0n) is 10.7. The molecule has 0 fully saturated rings. The summed E-state index contributed by atoms with van der Waals surface area (Å²) in [5.74, 6) is 0.798. The van der Waals surface area contributed by atoms with Crippen molar-refractivity contribution in [1.82, 2.24) is 4.98 Å². The van der Waals surface area contributed by atoms with Crippen LogP contribution in [0.5, 0.6) is 11.5 Å². The second-order valence-electron chi connectivity index (χ2n) is 3.90. The molecule has 5 heteroatoms. The SMILES string of the molecule is COc1ccc(-c2ccc(OC(C)=O)c(N)n2)cc1. The summed E-state index contributed by atoms with van der Waals surface area (Å²) in [6.45, 7) is 1.32. The van der Waals surface area contributed by atoms with E-state index in [0.29, 0.717) is 5.69 Å². The lowest BCUT2D eigenvalue weighted by Gasteiger charge is -2.07. The van der Waals surface area contributed by atoms with Crippen LogP contribution >= 0.6 is 0 Å². The second-order valence-corrected chi connectivity index (χ2v) is 3.90. The molecule has 0 bridgehead atoms. The lowest BCUT2D eigenvalue weighted by molar-refractivity contribution is -0.131. The molecule has 0 saturated heterocycles. The Balaban J connectivity index is 2.30. The minimum atomic E-state index is -0.425. The minimum absolute atomic E-state index is 0.184. The van der Waals surface area contributed by atoms with Gasteiger partial charge in [-0.15, -0.1) is 0 Å². The van der Waals surface area contributed by atoms with Crippen LogP contribution in [0.1, 0.15) is 6.92 Å². The molecule has 1 heterocycles. The third-order valence-electron chi connectivity index (χ3n) is 2.53. The average Bonchev–Trinajstić information content (AvgIpc) is 2.41. The van der Waals surface area contributed by atoms with Gasteiger partial charge in [0.05, 0.1) is 12.8 Å². The number of carbonyl (C=O) groups excluding carboxylic acids is 1. The molecule has 19 heavy (non-hydrogen) atoms. The number of nitrogens with two attached hydrogens (primary N) is 1. The second kappa shape index (κ2) is 5.39. The fourth-order valence-electron chi connectivity index (χ4n) is 1.63. The number of nitrogen functional groups attached to an aromatic ring is 1. The summed E-state index contributed by atoms with van der Waals surface area (Å²) in [4.78, 5) is 15.1. The predicted octanol–water partition coefficient (Wildman–Crippen LogP) is 2.26. The highest BCUT2D eigenvalue weighted by atomic mass is 16.5. The van der Waals surface area contributed by atoms with Crippen LogP contribution in [0.3, 0.4) is 0 Å².